The highest BCUT2D eigenvalue weighted by Gasteiger charge is 2.40. The van der Waals surface area contributed by atoms with Crippen LogP contribution in [-0.4, -0.2) is 38.0 Å². The van der Waals surface area contributed by atoms with Gasteiger partial charge in [0, 0.05) is 13.1 Å². The zero-order chi connectivity index (χ0) is 10.9. The molecule has 6 heteroatoms. The Labute approximate surface area is 90.8 Å². The van der Waals surface area contributed by atoms with Crippen molar-refractivity contribution in [1.82, 2.24) is 4.31 Å². The summed E-state index contributed by atoms with van der Waals surface area (Å²) in [4.78, 5) is 0. The van der Waals surface area contributed by atoms with E-state index in [1.165, 1.54) is 10.7 Å². The van der Waals surface area contributed by atoms with Crippen LogP contribution in [0.25, 0.3) is 0 Å². The molecule has 88 valence electrons. The van der Waals surface area contributed by atoms with Gasteiger partial charge >= 0.3 is 0 Å². The van der Waals surface area contributed by atoms with E-state index in [-0.39, 0.29) is 5.60 Å². The van der Waals surface area contributed by atoms with Gasteiger partial charge in [0.25, 0.3) is 10.2 Å². The van der Waals surface area contributed by atoms with Gasteiger partial charge in [0.2, 0.25) is 0 Å². The number of rotatable bonds is 1. The second-order valence-electron chi connectivity index (χ2n) is 4.47. The molecule has 0 radical (unpaired) electrons. The second kappa shape index (κ2) is 4.01. The van der Waals surface area contributed by atoms with Gasteiger partial charge in [-0.1, -0.05) is 19.3 Å². The molecule has 0 bridgehead atoms. The predicted octanol–water partition coefficient (Wildman–Crippen LogP) is 0.225. The monoisotopic (exact) mass is 234 g/mol. The van der Waals surface area contributed by atoms with Gasteiger partial charge in [0.15, 0.2) is 0 Å². The van der Waals surface area contributed by atoms with Gasteiger partial charge in [0.05, 0.1) is 12.2 Å². The van der Waals surface area contributed by atoms with Crippen molar-refractivity contribution < 1.29 is 13.2 Å². The average Bonchev–Trinajstić information content (AvgIpc) is 2.18. The summed E-state index contributed by atoms with van der Waals surface area (Å²) >= 11 is 0. The van der Waals surface area contributed by atoms with Gasteiger partial charge < -0.3 is 4.74 Å². The van der Waals surface area contributed by atoms with Gasteiger partial charge in [0.1, 0.15) is 0 Å². The van der Waals surface area contributed by atoms with Crippen LogP contribution in [0.2, 0.25) is 0 Å². The van der Waals surface area contributed by atoms with E-state index in [4.69, 9.17) is 9.88 Å². The Morgan fingerprint density at radius 2 is 1.87 bits per heavy atom. The number of nitrogens with zero attached hydrogens (tertiary/aromatic N) is 1. The molecule has 1 aliphatic carbocycles. The smallest absolute Gasteiger partial charge is 0.277 e. The van der Waals surface area contributed by atoms with Gasteiger partial charge in [-0.15, -0.1) is 0 Å². The standard InChI is InChI=1S/C9H18N2O3S/c10-15(12,13)11-6-7-14-9(8-11)4-2-1-3-5-9/h1-8H2,(H2,10,12,13). The fourth-order valence-corrected chi connectivity index (χ4v) is 3.27. The summed E-state index contributed by atoms with van der Waals surface area (Å²) in [5.74, 6) is 0. The average molecular weight is 234 g/mol. The van der Waals surface area contributed by atoms with E-state index in [1.807, 2.05) is 0 Å². The maximum Gasteiger partial charge on any atom is 0.277 e. The SMILES string of the molecule is NS(=O)(=O)N1CCOC2(CCCCC2)C1. The van der Waals surface area contributed by atoms with Crippen molar-refractivity contribution >= 4 is 10.2 Å². The van der Waals surface area contributed by atoms with Gasteiger partial charge in [-0.3, -0.25) is 0 Å². The molecule has 0 amide bonds. The molecule has 5 nitrogen and oxygen atoms in total. The van der Waals surface area contributed by atoms with Crippen molar-refractivity contribution in [2.24, 2.45) is 5.14 Å². The Hall–Kier alpha value is -0.170. The highest BCUT2D eigenvalue weighted by atomic mass is 32.2. The first-order chi connectivity index (χ1) is 7.02. The molecule has 0 aromatic carbocycles. The third kappa shape index (κ3) is 2.50. The molecule has 0 aromatic rings. The Bertz CT molecular complexity index is 317. The fourth-order valence-electron chi connectivity index (χ4n) is 2.53. The lowest BCUT2D eigenvalue weighted by molar-refractivity contribution is -0.109. The lowest BCUT2D eigenvalue weighted by atomic mass is 9.84. The molecule has 2 fully saturated rings. The van der Waals surface area contributed by atoms with E-state index >= 15 is 0 Å². The van der Waals surface area contributed by atoms with Crippen LogP contribution in [0.4, 0.5) is 0 Å². The molecule has 0 unspecified atom stereocenters. The van der Waals surface area contributed by atoms with Gasteiger partial charge in [-0.2, -0.15) is 12.7 Å². The van der Waals surface area contributed by atoms with Crippen molar-refractivity contribution in [3.05, 3.63) is 0 Å². The number of hydrogen-bond donors (Lipinski definition) is 1. The van der Waals surface area contributed by atoms with Crippen LogP contribution in [0.1, 0.15) is 32.1 Å². The lowest BCUT2D eigenvalue weighted by Crippen LogP contribution is -2.55. The van der Waals surface area contributed by atoms with Crippen LogP contribution < -0.4 is 5.14 Å². The van der Waals surface area contributed by atoms with E-state index in [0.717, 1.165) is 25.7 Å². The van der Waals surface area contributed by atoms with Crippen molar-refractivity contribution in [3.63, 3.8) is 0 Å². The second-order valence-corrected chi connectivity index (χ2v) is 6.02. The third-order valence-corrected chi connectivity index (χ3v) is 4.37. The summed E-state index contributed by atoms with van der Waals surface area (Å²) < 4.78 is 29.6. The minimum Gasteiger partial charge on any atom is -0.372 e. The molecular weight excluding hydrogens is 216 g/mol. The maximum atomic E-state index is 11.3. The maximum absolute atomic E-state index is 11.3. The highest BCUT2D eigenvalue weighted by Crippen LogP contribution is 2.34. The molecule has 0 atom stereocenters. The zero-order valence-corrected chi connectivity index (χ0v) is 9.63. The van der Waals surface area contributed by atoms with Crippen molar-refractivity contribution in [2.75, 3.05) is 19.7 Å². The summed E-state index contributed by atoms with van der Waals surface area (Å²) in [7, 11) is -3.55. The molecule has 2 rings (SSSR count). The lowest BCUT2D eigenvalue weighted by Gasteiger charge is -2.43. The normalized spacial score (nSPS) is 28.1. The van der Waals surface area contributed by atoms with Crippen LogP contribution in [0.3, 0.4) is 0 Å². The molecule has 15 heavy (non-hydrogen) atoms. The Kier molecular flexibility index (Phi) is 3.03. The predicted molar refractivity (Wildman–Crippen MR) is 56.4 cm³/mol. The van der Waals surface area contributed by atoms with E-state index in [1.54, 1.807) is 0 Å². The Morgan fingerprint density at radius 1 is 1.20 bits per heavy atom. The summed E-state index contributed by atoms with van der Waals surface area (Å²) in [6.07, 6.45) is 5.38. The molecule has 1 saturated carbocycles. The Balaban J connectivity index is 2.09. The number of hydrogen-bond acceptors (Lipinski definition) is 3. The molecule has 0 aromatic heterocycles. The van der Waals surface area contributed by atoms with Gasteiger partial charge in [-0.25, -0.2) is 5.14 Å². The van der Waals surface area contributed by atoms with E-state index in [2.05, 4.69) is 0 Å². The molecule has 1 saturated heterocycles. The fraction of sp³-hybridized carbons (Fsp3) is 1.00. The molecule has 2 N–H and O–H groups in total. The topological polar surface area (TPSA) is 72.6 Å². The first-order valence-electron chi connectivity index (χ1n) is 5.44. The minimum atomic E-state index is -3.55. The molecule has 1 aliphatic heterocycles. The van der Waals surface area contributed by atoms with E-state index < -0.39 is 10.2 Å². The zero-order valence-electron chi connectivity index (χ0n) is 8.81. The largest absolute Gasteiger partial charge is 0.372 e. The number of ether oxygens (including phenoxy) is 1. The van der Waals surface area contributed by atoms with Crippen molar-refractivity contribution in [3.8, 4) is 0 Å². The molecule has 2 aliphatic rings. The first kappa shape index (κ1) is 11.3. The molecule has 1 heterocycles. The van der Waals surface area contributed by atoms with Crippen molar-refractivity contribution in [1.29, 1.82) is 0 Å². The Morgan fingerprint density at radius 3 is 2.47 bits per heavy atom. The number of nitrogens with two attached hydrogens (primary N) is 1. The first-order valence-corrected chi connectivity index (χ1v) is 6.94. The van der Waals surface area contributed by atoms with Crippen LogP contribution in [0, 0.1) is 0 Å². The molecular formula is C9H18N2O3S. The summed E-state index contributed by atoms with van der Waals surface area (Å²) in [5.41, 5.74) is -0.247. The van der Waals surface area contributed by atoms with Crippen LogP contribution in [0.15, 0.2) is 0 Å². The number of morpholine rings is 1. The quantitative estimate of drug-likeness (QED) is 0.705. The van der Waals surface area contributed by atoms with E-state index in [9.17, 15) is 8.42 Å². The van der Waals surface area contributed by atoms with Crippen LogP contribution >= 0.6 is 0 Å². The van der Waals surface area contributed by atoms with Crippen LogP contribution in [0.5, 0.6) is 0 Å². The van der Waals surface area contributed by atoms with E-state index in [0.29, 0.717) is 19.7 Å². The highest BCUT2D eigenvalue weighted by molar-refractivity contribution is 7.86. The summed E-state index contributed by atoms with van der Waals surface area (Å²) in [6, 6.07) is 0. The summed E-state index contributed by atoms with van der Waals surface area (Å²) in [6.45, 7) is 1.29. The van der Waals surface area contributed by atoms with Crippen LogP contribution in [-0.2, 0) is 14.9 Å². The minimum absolute atomic E-state index is 0.247. The van der Waals surface area contributed by atoms with Gasteiger partial charge in [-0.05, 0) is 12.8 Å². The summed E-state index contributed by atoms with van der Waals surface area (Å²) in [5, 5.41) is 5.14. The van der Waals surface area contributed by atoms with Crippen molar-refractivity contribution in [2.45, 2.75) is 37.7 Å². The molecule has 1 spiro atoms. The third-order valence-electron chi connectivity index (χ3n) is 3.34.